The lowest BCUT2D eigenvalue weighted by Crippen LogP contribution is -2.06. The Morgan fingerprint density at radius 1 is 0.406 bits per heavy atom. The molecular formula is C30H30S2. The highest BCUT2D eigenvalue weighted by atomic mass is 32.2. The molecule has 0 radical (unpaired) electrons. The van der Waals surface area contributed by atoms with Gasteiger partial charge in [0.05, 0.1) is 0 Å². The summed E-state index contributed by atoms with van der Waals surface area (Å²) in [5.74, 6) is 13.0. The molecule has 0 N–H and O–H groups in total. The molecule has 0 heterocycles. The van der Waals surface area contributed by atoms with Crippen LogP contribution in [0.4, 0.5) is 0 Å². The van der Waals surface area contributed by atoms with Gasteiger partial charge in [-0.3, -0.25) is 0 Å². The average molecular weight is 455 g/mol. The molecule has 0 spiro atoms. The highest BCUT2D eigenvalue weighted by Gasteiger charge is 2.12. The van der Waals surface area contributed by atoms with Crippen molar-refractivity contribution in [2.24, 2.45) is 0 Å². The lowest BCUT2D eigenvalue weighted by Gasteiger charge is -2.17. The second-order valence-electron chi connectivity index (χ2n) is 9.55. The standard InChI is InChI=1S/C30H30S2/c1-29(2,3)31-27-19-15-25(16-20-27)13-11-23-7-9-24(10-8-23)12-14-26-17-21-28(22-18-26)32-30(4,5)6/h7-10,15-22H,1-6H3. The molecule has 0 amide bonds. The first-order valence-electron chi connectivity index (χ1n) is 10.8. The van der Waals surface area contributed by atoms with Crippen LogP contribution in [0.5, 0.6) is 0 Å². The Balaban J connectivity index is 1.62. The smallest absolute Gasteiger partial charge is 0.0249 e. The molecule has 0 bridgehead atoms. The maximum Gasteiger partial charge on any atom is 0.0249 e. The van der Waals surface area contributed by atoms with Crippen molar-refractivity contribution in [2.45, 2.75) is 60.8 Å². The third kappa shape index (κ3) is 8.55. The zero-order valence-electron chi connectivity index (χ0n) is 19.7. The minimum absolute atomic E-state index is 0.215. The number of benzene rings is 3. The molecule has 0 fully saturated rings. The van der Waals surface area contributed by atoms with Crippen molar-refractivity contribution in [3.8, 4) is 23.7 Å². The highest BCUT2D eigenvalue weighted by Crippen LogP contribution is 2.32. The Kier molecular flexibility index (Phi) is 7.84. The van der Waals surface area contributed by atoms with Crippen LogP contribution in [-0.2, 0) is 0 Å². The molecule has 162 valence electrons. The molecule has 0 aliphatic heterocycles. The van der Waals surface area contributed by atoms with E-state index in [1.54, 1.807) is 0 Å². The fourth-order valence-electron chi connectivity index (χ4n) is 2.85. The highest BCUT2D eigenvalue weighted by molar-refractivity contribution is 8.00. The summed E-state index contributed by atoms with van der Waals surface area (Å²) in [6.07, 6.45) is 0. The van der Waals surface area contributed by atoms with E-state index in [2.05, 4.69) is 114 Å². The SMILES string of the molecule is CC(C)(C)Sc1ccc(C#Cc2ccc(C#Cc3ccc(SC(C)(C)C)cc3)cc2)cc1. The topological polar surface area (TPSA) is 0 Å². The Labute approximate surface area is 202 Å². The first-order valence-corrected chi connectivity index (χ1v) is 12.4. The Morgan fingerprint density at radius 3 is 0.844 bits per heavy atom. The molecule has 0 aliphatic rings. The van der Waals surface area contributed by atoms with E-state index in [1.165, 1.54) is 9.79 Å². The zero-order chi connectivity index (χ0) is 23.2. The molecular weight excluding hydrogens is 424 g/mol. The van der Waals surface area contributed by atoms with Crippen molar-refractivity contribution in [1.29, 1.82) is 0 Å². The van der Waals surface area contributed by atoms with E-state index in [4.69, 9.17) is 0 Å². The van der Waals surface area contributed by atoms with Crippen LogP contribution in [0.25, 0.3) is 0 Å². The first-order chi connectivity index (χ1) is 15.1. The fourth-order valence-corrected chi connectivity index (χ4v) is 4.80. The van der Waals surface area contributed by atoms with Crippen LogP contribution in [0.1, 0.15) is 63.8 Å². The van der Waals surface area contributed by atoms with Gasteiger partial charge in [0.1, 0.15) is 0 Å². The third-order valence-electron chi connectivity index (χ3n) is 4.14. The monoisotopic (exact) mass is 454 g/mol. The fraction of sp³-hybridized carbons (Fsp3) is 0.267. The van der Waals surface area contributed by atoms with Crippen molar-refractivity contribution < 1.29 is 0 Å². The molecule has 2 heteroatoms. The van der Waals surface area contributed by atoms with Crippen LogP contribution in [0.2, 0.25) is 0 Å². The molecule has 32 heavy (non-hydrogen) atoms. The minimum Gasteiger partial charge on any atom is -0.120 e. The lowest BCUT2D eigenvalue weighted by atomic mass is 10.1. The summed E-state index contributed by atoms with van der Waals surface area (Å²) in [7, 11) is 0. The van der Waals surface area contributed by atoms with Crippen molar-refractivity contribution in [3.63, 3.8) is 0 Å². The molecule has 0 unspecified atom stereocenters. The quantitative estimate of drug-likeness (QED) is 0.282. The molecule has 0 aromatic heterocycles. The van der Waals surface area contributed by atoms with Crippen molar-refractivity contribution in [1.82, 2.24) is 0 Å². The van der Waals surface area contributed by atoms with Gasteiger partial charge >= 0.3 is 0 Å². The summed E-state index contributed by atoms with van der Waals surface area (Å²) in [5, 5.41) is 0. The van der Waals surface area contributed by atoms with Crippen LogP contribution < -0.4 is 0 Å². The average Bonchev–Trinajstić information content (AvgIpc) is 2.71. The van der Waals surface area contributed by atoms with Gasteiger partial charge in [-0.05, 0) is 72.8 Å². The molecule has 0 nitrogen and oxygen atoms in total. The van der Waals surface area contributed by atoms with Crippen molar-refractivity contribution >= 4 is 23.5 Å². The molecule has 0 aliphatic carbocycles. The summed E-state index contributed by atoms with van der Waals surface area (Å²) in [5.41, 5.74) is 4.04. The third-order valence-corrected chi connectivity index (χ3v) is 6.38. The number of thioether (sulfide) groups is 2. The lowest BCUT2D eigenvalue weighted by molar-refractivity contribution is 0.802. The van der Waals surface area contributed by atoms with Gasteiger partial charge in [0.25, 0.3) is 0 Å². The Hall–Kier alpha value is -2.52. The maximum absolute atomic E-state index is 3.25. The summed E-state index contributed by atoms with van der Waals surface area (Å²) in [6.45, 7) is 13.3. The molecule has 0 saturated carbocycles. The molecule has 3 rings (SSSR count). The Morgan fingerprint density at radius 2 is 0.625 bits per heavy atom. The van der Waals surface area contributed by atoms with E-state index < -0.39 is 0 Å². The largest absolute Gasteiger partial charge is 0.120 e. The summed E-state index contributed by atoms with van der Waals surface area (Å²) >= 11 is 3.74. The van der Waals surface area contributed by atoms with Gasteiger partial charge in [-0.2, -0.15) is 0 Å². The number of hydrogen-bond acceptors (Lipinski definition) is 2. The maximum atomic E-state index is 3.25. The van der Waals surface area contributed by atoms with Gasteiger partial charge in [0.2, 0.25) is 0 Å². The van der Waals surface area contributed by atoms with Crippen LogP contribution in [0, 0.1) is 23.7 Å². The van der Waals surface area contributed by atoms with E-state index in [9.17, 15) is 0 Å². The molecule has 0 saturated heterocycles. The summed E-state index contributed by atoms with van der Waals surface area (Å²) < 4.78 is 0.430. The normalized spacial score (nSPS) is 11.2. The second kappa shape index (κ2) is 10.4. The van der Waals surface area contributed by atoms with Crippen LogP contribution in [-0.4, -0.2) is 9.49 Å². The van der Waals surface area contributed by atoms with Gasteiger partial charge in [-0.1, -0.05) is 65.2 Å². The van der Waals surface area contributed by atoms with Crippen molar-refractivity contribution in [3.05, 3.63) is 95.1 Å². The zero-order valence-corrected chi connectivity index (χ0v) is 21.4. The van der Waals surface area contributed by atoms with Crippen LogP contribution in [0.15, 0.2) is 82.6 Å². The van der Waals surface area contributed by atoms with Gasteiger partial charge < -0.3 is 0 Å². The van der Waals surface area contributed by atoms with E-state index in [-0.39, 0.29) is 9.49 Å². The number of hydrogen-bond donors (Lipinski definition) is 0. The van der Waals surface area contributed by atoms with Crippen LogP contribution in [0.3, 0.4) is 0 Å². The van der Waals surface area contributed by atoms with E-state index >= 15 is 0 Å². The van der Waals surface area contributed by atoms with E-state index in [0.717, 1.165) is 22.3 Å². The Bertz CT molecular complexity index is 1050. The van der Waals surface area contributed by atoms with Gasteiger partial charge in [-0.15, -0.1) is 23.5 Å². The van der Waals surface area contributed by atoms with Gasteiger partial charge in [0, 0.05) is 41.5 Å². The van der Waals surface area contributed by atoms with E-state index in [1.807, 2.05) is 47.8 Å². The molecule has 3 aromatic rings. The second-order valence-corrected chi connectivity index (χ2v) is 13.4. The van der Waals surface area contributed by atoms with Gasteiger partial charge in [0.15, 0.2) is 0 Å². The minimum atomic E-state index is 0.215. The molecule has 3 aromatic carbocycles. The molecule has 0 atom stereocenters. The first kappa shape index (κ1) is 24.1. The van der Waals surface area contributed by atoms with E-state index in [0.29, 0.717) is 0 Å². The van der Waals surface area contributed by atoms with Crippen LogP contribution >= 0.6 is 23.5 Å². The van der Waals surface area contributed by atoms with Gasteiger partial charge in [-0.25, -0.2) is 0 Å². The summed E-state index contributed by atoms with van der Waals surface area (Å²) in [4.78, 5) is 2.54. The summed E-state index contributed by atoms with van der Waals surface area (Å²) in [6, 6.07) is 25.1. The predicted octanol–water partition coefficient (Wildman–Crippen LogP) is 8.27. The predicted molar refractivity (Wildman–Crippen MR) is 143 cm³/mol. The van der Waals surface area contributed by atoms with Crippen molar-refractivity contribution in [2.75, 3.05) is 0 Å². The number of rotatable bonds is 2.